The van der Waals surface area contributed by atoms with Gasteiger partial charge in [0.15, 0.2) is 0 Å². The summed E-state index contributed by atoms with van der Waals surface area (Å²) >= 11 is 3.99. The van der Waals surface area contributed by atoms with Gasteiger partial charge in [-0.2, -0.15) is 18.3 Å². The Labute approximate surface area is 75.0 Å². The summed E-state index contributed by atoms with van der Waals surface area (Å²) in [4.78, 5) is 0. The van der Waals surface area contributed by atoms with Crippen molar-refractivity contribution in [3.63, 3.8) is 0 Å². The second-order valence-electron chi connectivity index (χ2n) is 2.14. The van der Waals surface area contributed by atoms with Crippen LogP contribution in [0.3, 0.4) is 0 Å². The Morgan fingerprint density at radius 3 is 2.42 bits per heavy atom. The molecule has 0 saturated carbocycles. The van der Waals surface area contributed by atoms with E-state index in [1.54, 1.807) is 6.26 Å². The van der Waals surface area contributed by atoms with Gasteiger partial charge in [-0.3, -0.25) is 0 Å². The van der Waals surface area contributed by atoms with E-state index in [0.29, 0.717) is 0 Å². The van der Waals surface area contributed by atoms with Crippen molar-refractivity contribution in [2.75, 3.05) is 6.26 Å². The Morgan fingerprint density at radius 1 is 1.58 bits per heavy atom. The summed E-state index contributed by atoms with van der Waals surface area (Å²) < 4.78 is 37.2. The zero-order chi connectivity index (χ0) is 9.35. The molecule has 0 radical (unpaired) electrons. The molecule has 1 heterocycles. The summed E-state index contributed by atoms with van der Waals surface area (Å²) in [5.41, 5.74) is -0.731. The van der Waals surface area contributed by atoms with E-state index in [0.717, 1.165) is 12.4 Å². The van der Waals surface area contributed by atoms with Crippen molar-refractivity contribution in [2.45, 2.75) is 6.18 Å². The summed E-state index contributed by atoms with van der Waals surface area (Å²) in [6.07, 6.45) is -0.850. The van der Waals surface area contributed by atoms with Gasteiger partial charge < -0.3 is 0 Å². The van der Waals surface area contributed by atoms with E-state index in [1.807, 2.05) is 0 Å². The number of hydrogen-bond donors (Lipinski definition) is 2. The van der Waals surface area contributed by atoms with Crippen molar-refractivity contribution < 1.29 is 13.2 Å². The predicted octanol–water partition coefficient (Wildman–Crippen LogP) is 2.14. The maximum atomic E-state index is 12.0. The van der Waals surface area contributed by atoms with Gasteiger partial charge in [-0.25, -0.2) is 4.09 Å². The van der Waals surface area contributed by atoms with E-state index >= 15 is 0 Å². The van der Waals surface area contributed by atoms with Gasteiger partial charge in [0.2, 0.25) is 0 Å². The number of thiol groups is 2. The number of rotatable bonds is 1. The van der Waals surface area contributed by atoms with Crippen molar-refractivity contribution in [3.05, 3.63) is 18.0 Å². The van der Waals surface area contributed by atoms with Crippen LogP contribution in [-0.2, 0) is 6.18 Å². The summed E-state index contributed by atoms with van der Waals surface area (Å²) in [6.45, 7) is 0. The molecule has 0 fully saturated rings. The van der Waals surface area contributed by atoms with E-state index in [4.69, 9.17) is 0 Å². The molecule has 0 aliphatic heterocycles. The molecule has 12 heavy (non-hydrogen) atoms. The number of halogens is 3. The Morgan fingerprint density at radius 2 is 2.17 bits per heavy atom. The average molecular weight is 216 g/mol. The predicted molar refractivity (Wildman–Crippen MR) is 46.5 cm³/mol. The van der Waals surface area contributed by atoms with E-state index in [1.165, 1.54) is 4.09 Å². The molecule has 1 aromatic heterocycles. The minimum atomic E-state index is -4.31. The highest BCUT2D eigenvalue weighted by Crippen LogP contribution is 2.32. The first-order valence-electron chi connectivity index (χ1n) is 2.96. The molecular formula is C5H7F3N2S2. The van der Waals surface area contributed by atoms with Crippen molar-refractivity contribution in [2.24, 2.45) is 0 Å². The topological polar surface area (TPSA) is 17.8 Å². The summed E-state index contributed by atoms with van der Waals surface area (Å²) in [5.74, 6) is 0. The first-order valence-corrected chi connectivity index (χ1v) is 5.85. The van der Waals surface area contributed by atoms with E-state index in [9.17, 15) is 13.2 Å². The number of alkyl halides is 3. The third kappa shape index (κ3) is 2.10. The SMILES string of the molecule is C[SH](S)n1cc(C(F)(F)F)cn1. The fourth-order valence-corrected chi connectivity index (χ4v) is 1.40. The Hall–Kier alpha value is -0.300. The normalized spacial score (nSPS) is 16.2. The smallest absolute Gasteiger partial charge is 0.227 e. The number of nitrogens with zero attached hydrogens (tertiary/aromatic N) is 2. The quantitative estimate of drug-likeness (QED) is 0.543. The second-order valence-corrected chi connectivity index (χ2v) is 5.26. The van der Waals surface area contributed by atoms with Crippen LogP contribution in [0.2, 0.25) is 0 Å². The molecule has 0 amide bonds. The first kappa shape index (κ1) is 9.79. The van der Waals surface area contributed by atoms with Gasteiger partial charge in [0.25, 0.3) is 0 Å². The number of aromatic nitrogens is 2. The molecule has 7 heteroatoms. The summed E-state index contributed by atoms with van der Waals surface area (Å²) in [7, 11) is -0.922. The highest BCUT2D eigenvalue weighted by Gasteiger charge is 2.32. The lowest BCUT2D eigenvalue weighted by atomic mass is 10.4. The minimum Gasteiger partial charge on any atom is -0.227 e. The van der Waals surface area contributed by atoms with Crippen molar-refractivity contribution in [3.8, 4) is 0 Å². The monoisotopic (exact) mass is 216 g/mol. The van der Waals surface area contributed by atoms with E-state index in [2.05, 4.69) is 16.8 Å². The standard InChI is InChI=1S/C5H7F3N2S2/c1-12(11)10-3-4(2-9-10)5(6,7)8/h2-3,11-12H,1H3. The van der Waals surface area contributed by atoms with Gasteiger partial charge in [0.05, 0.1) is 11.8 Å². The first-order chi connectivity index (χ1) is 5.41. The van der Waals surface area contributed by atoms with Crippen LogP contribution in [0, 0.1) is 0 Å². The molecule has 1 atom stereocenters. The molecule has 2 nitrogen and oxygen atoms in total. The third-order valence-corrected chi connectivity index (χ3v) is 2.56. The highest BCUT2D eigenvalue weighted by molar-refractivity contribution is 8.77. The van der Waals surface area contributed by atoms with Gasteiger partial charge in [-0.05, 0) is 6.26 Å². The van der Waals surface area contributed by atoms with E-state index in [-0.39, 0.29) is 0 Å². The Kier molecular flexibility index (Phi) is 2.62. The van der Waals surface area contributed by atoms with Crippen LogP contribution in [0.25, 0.3) is 0 Å². The van der Waals surface area contributed by atoms with Crippen LogP contribution in [0.4, 0.5) is 13.2 Å². The molecule has 0 aliphatic rings. The zero-order valence-electron chi connectivity index (χ0n) is 6.08. The molecule has 0 saturated heterocycles. The van der Waals surface area contributed by atoms with Crippen LogP contribution < -0.4 is 0 Å². The van der Waals surface area contributed by atoms with Crippen molar-refractivity contribution in [1.29, 1.82) is 0 Å². The zero-order valence-corrected chi connectivity index (χ0v) is 7.87. The molecule has 0 spiro atoms. The molecule has 1 rings (SSSR count). The van der Waals surface area contributed by atoms with E-state index < -0.39 is 21.9 Å². The Balaban J connectivity index is 2.92. The van der Waals surface area contributed by atoms with Gasteiger partial charge in [-0.1, -0.05) is 0 Å². The lowest BCUT2D eigenvalue weighted by Crippen LogP contribution is -2.02. The van der Waals surface area contributed by atoms with Crippen LogP contribution in [0.15, 0.2) is 12.4 Å². The molecule has 1 aromatic rings. The highest BCUT2D eigenvalue weighted by atomic mass is 33.1. The molecule has 0 aromatic carbocycles. The molecule has 70 valence electrons. The molecule has 0 N–H and O–H groups in total. The lowest BCUT2D eigenvalue weighted by Gasteiger charge is -2.07. The van der Waals surface area contributed by atoms with Crippen LogP contribution in [0.5, 0.6) is 0 Å². The van der Waals surface area contributed by atoms with Gasteiger partial charge in [0.1, 0.15) is 0 Å². The van der Waals surface area contributed by atoms with Gasteiger partial charge in [0, 0.05) is 6.20 Å². The molecule has 0 aliphatic carbocycles. The van der Waals surface area contributed by atoms with Crippen LogP contribution >= 0.6 is 21.8 Å². The van der Waals surface area contributed by atoms with Crippen molar-refractivity contribution >= 4 is 21.8 Å². The molecule has 1 unspecified atom stereocenters. The van der Waals surface area contributed by atoms with Crippen LogP contribution in [-0.4, -0.2) is 15.4 Å². The largest absolute Gasteiger partial charge is 0.419 e. The second kappa shape index (κ2) is 3.21. The number of hydrogen-bond acceptors (Lipinski definition) is 2. The molecule has 0 bridgehead atoms. The maximum Gasteiger partial charge on any atom is 0.419 e. The molecular weight excluding hydrogens is 209 g/mol. The average Bonchev–Trinajstić information content (AvgIpc) is 2.30. The van der Waals surface area contributed by atoms with Gasteiger partial charge in [-0.15, -0.1) is 21.8 Å². The fourth-order valence-electron chi connectivity index (χ4n) is 0.617. The minimum absolute atomic E-state index is 0.731. The summed E-state index contributed by atoms with van der Waals surface area (Å²) in [5, 5.41) is 3.53. The van der Waals surface area contributed by atoms with Crippen LogP contribution in [0.1, 0.15) is 5.56 Å². The Bertz CT molecular complexity index is 268. The third-order valence-electron chi connectivity index (χ3n) is 1.19. The van der Waals surface area contributed by atoms with Crippen molar-refractivity contribution in [1.82, 2.24) is 9.19 Å². The lowest BCUT2D eigenvalue weighted by molar-refractivity contribution is -0.137. The maximum absolute atomic E-state index is 12.0. The van der Waals surface area contributed by atoms with Gasteiger partial charge >= 0.3 is 6.18 Å². The summed E-state index contributed by atoms with van der Waals surface area (Å²) in [6, 6.07) is 0. The fraction of sp³-hybridized carbons (Fsp3) is 0.400.